The fraction of sp³-hybridized carbons (Fsp3) is 0. The normalized spacial score (nSPS) is 8.73. The van der Waals surface area contributed by atoms with Crippen LogP contribution in [0.3, 0.4) is 0 Å². The second-order valence-electron chi connectivity index (χ2n) is 1.67. The second-order valence-corrected chi connectivity index (χ2v) is 1.67. The summed E-state index contributed by atoms with van der Waals surface area (Å²) in [5.74, 6) is -0.358. The summed E-state index contributed by atoms with van der Waals surface area (Å²) in [6.07, 6.45) is 5.34. The number of hydrogen-bond acceptors (Lipinski definition) is 4. The van der Waals surface area contributed by atoms with E-state index >= 15 is 0 Å². The van der Waals surface area contributed by atoms with Crippen LogP contribution >= 0.6 is 0 Å². The van der Waals surface area contributed by atoms with Crippen molar-refractivity contribution < 1.29 is 9.53 Å². The SMILES string of the molecule is C=CC(=O)Oc1cnccn1. The van der Waals surface area contributed by atoms with E-state index in [1.54, 1.807) is 0 Å². The van der Waals surface area contributed by atoms with E-state index in [0.29, 0.717) is 0 Å². The first-order valence-corrected chi connectivity index (χ1v) is 2.93. The molecule has 0 saturated carbocycles. The molecule has 0 N–H and O–H groups in total. The lowest BCUT2D eigenvalue weighted by Crippen LogP contribution is -2.04. The Hall–Kier alpha value is -1.71. The summed E-state index contributed by atoms with van der Waals surface area (Å²) in [7, 11) is 0. The number of hydrogen-bond donors (Lipinski definition) is 0. The molecule has 4 nitrogen and oxygen atoms in total. The monoisotopic (exact) mass is 150 g/mol. The topological polar surface area (TPSA) is 52.1 Å². The lowest BCUT2D eigenvalue weighted by Gasteiger charge is -1.95. The zero-order valence-electron chi connectivity index (χ0n) is 5.73. The van der Waals surface area contributed by atoms with Gasteiger partial charge in [-0.05, 0) is 0 Å². The molecule has 0 aliphatic heterocycles. The van der Waals surface area contributed by atoms with Crippen LogP contribution in [0.2, 0.25) is 0 Å². The average molecular weight is 150 g/mol. The van der Waals surface area contributed by atoms with E-state index in [2.05, 4.69) is 21.3 Å². The van der Waals surface area contributed by atoms with Crippen LogP contribution in [0.25, 0.3) is 0 Å². The quantitative estimate of drug-likeness (QED) is 0.456. The van der Waals surface area contributed by atoms with Gasteiger partial charge in [0.25, 0.3) is 0 Å². The highest BCUT2D eigenvalue weighted by molar-refractivity contribution is 5.82. The third-order valence-electron chi connectivity index (χ3n) is 0.911. The van der Waals surface area contributed by atoms with Crippen LogP contribution in [0.5, 0.6) is 5.88 Å². The molecule has 0 aliphatic rings. The molecule has 0 spiro atoms. The molecule has 0 fully saturated rings. The van der Waals surface area contributed by atoms with Gasteiger partial charge in [0.15, 0.2) is 0 Å². The summed E-state index contributed by atoms with van der Waals surface area (Å²) in [6, 6.07) is 0. The van der Waals surface area contributed by atoms with Crippen LogP contribution in [-0.4, -0.2) is 15.9 Å². The van der Waals surface area contributed by atoms with Gasteiger partial charge in [0.1, 0.15) is 0 Å². The lowest BCUT2D eigenvalue weighted by molar-refractivity contribution is -0.129. The van der Waals surface area contributed by atoms with Gasteiger partial charge >= 0.3 is 5.97 Å². The molecule has 0 atom stereocenters. The van der Waals surface area contributed by atoms with Gasteiger partial charge in [-0.2, -0.15) is 0 Å². The summed E-state index contributed by atoms with van der Waals surface area (Å²) in [5.41, 5.74) is 0. The van der Waals surface area contributed by atoms with E-state index < -0.39 is 5.97 Å². The molecule has 1 rings (SSSR count). The number of aromatic nitrogens is 2. The molecule has 0 bridgehead atoms. The zero-order chi connectivity index (χ0) is 8.10. The van der Waals surface area contributed by atoms with Gasteiger partial charge in [0.2, 0.25) is 5.88 Å². The Morgan fingerprint density at radius 2 is 2.45 bits per heavy atom. The molecule has 0 aromatic carbocycles. The van der Waals surface area contributed by atoms with Crippen molar-refractivity contribution in [1.29, 1.82) is 0 Å². The van der Waals surface area contributed by atoms with Crippen LogP contribution < -0.4 is 4.74 Å². The number of carbonyl (C=O) groups excluding carboxylic acids is 1. The van der Waals surface area contributed by atoms with Crippen molar-refractivity contribution in [3.63, 3.8) is 0 Å². The summed E-state index contributed by atoms with van der Waals surface area (Å²) < 4.78 is 4.63. The second kappa shape index (κ2) is 3.46. The molecule has 0 saturated heterocycles. The lowest BCUT2D eigenvalue weighted by atomic mass is 10.6. The number of nitrogens with zero attached hydrogens (tertiary/aromatic N) is 2. The standard InChI is InChI=1S/C7H6N2O2/c1-2-7(10)11-6-5-8-3-4-9-6/h2-5H,1H2. The van der Waals surface area contributed by atoms with E-state index in [1.807, 2.05) is 0 Å². The number of carbonyl (C=O) groups is 1. The minimum atomic E-state index is -0.537. The van der Waals surface area contributed by atoms with E-state index in [0.717, 1.165) is 6.08 Å². The number of rotatable bonds is 2. The zero-order valence-corrected chi connectivity index (χ0v) is 5.73. The van der Waals surface area contributed by atoms with E-state index in [-0.39, 0.29) is 5.88 Å². The van der Waals surface area contributed by atoms with Gasteiger partial charge in [0.05, 0.1) is 6.20 Å². The Labute approximate surface area is 63.6 Å². The van der Waals surface area contributed by atoms with Gasteiger partial charge in [-0.1, -0.05) is 6.58 Å². The molecule has 1 aromatic heterocycles. The van der Waals surface area contributed by atoms with E-state index in [4.69, 9.17) is 0 Å². The summed E-state index contributed by atoms with van der Waals surface area (Å²) in [4.78, 5) is 18.0. The van der Waals surface area contributed by atoms with Crippen LogP contribution in [0.15, 0.2) is 31.2 Å². The molecule has 0 unspecified atom stereocenters. The van der Waals surface area contributed by atoms with Crippen molar-refractivity contribution in [2.75, 3.05) is 0 Å². The molecular formula is C7H6N2O2. The fourth-order valence-corrected chi connectivity index (χ4v) is 0.483. The van der Waals surface area contributed by atoms with E-state index in [1.165, 1.54) is 18.6 Å². The maximum Gasteiger partial charge on any atom is 0.336 e. The Balaban J connectivity index is 2.65. The highest BCUT2D eigenvalue weighted by Gasteiger charge is 1.98. The van der Waals surface area contributed by atoms with Crippen molar-refractivity contribution in [3.8, 4) is 5.88 Å². The van der Waals surface area contributed by atoms with Crippen LogP contribution in [0.1, 0.15) is 0 Å². The molecule has 0 aliphatic carbocycles. The minimum absolute atomic E-state index is 0.178. The van der Waals surface area contributed by atoms with Crippen molar-refractivity contribution in [2.24, 2.45) is 0 Å². The molecule has 0 radical (unpaired) electrons. The van der Waals surface area contributed by atoms with Gasteiger partial charge in [-0.15, -0.1) is 0 Å². The van der Waals surface area contributed by atoms with Crippen LogP contribution in [0.4, 0.5) is 0 Å². The maximum atomic E-state index is 10.6. The number of ether oxygens (including phenoxy) is 1. The third kappa shape index (κ3) is 2.17. The minimum Gasteiger partial charge on any atom is -0.403 e. The van der Waals surface area contributed by atoms with Crippen molar-refractivity contribution in [3.05, 3.63) is 31.2 Å². The Bertz CT molecular complexity index is 258. The predicted molar refractivity (Wildman–Crippen MR) is 37.9 cm³/mol. The van der Waals surface area contributed by atoms with Gasteiger partial charge in [-0.25, -0.2) is 9.78 Å². The van der Waals surface area contributed by atoms with Gasteiger partial charge in [0, 0.05) is 18.5 Å². The molecule has 1 heterocycles. The Morgan fingerprint density at radius 3 is 3.00 bits per heavy atom. The predicted octanol–water partition coefficient (Wildman–Crippen LogP) is 0.568. The van der Waals surface area contributed by atoms with Gasteiger partial charge in [-0.3, -0.25) is 4.98 Å². The Morgan fingerprint density at radius 1 is 1.64 bits per heavy atom. The first-order valence-electron chi connectivity index (χ1n) is 2.93. The molecule has 11 heavy (non-hydrogen) atoms. The van der Waals surface area contributed by atoms with E-state index in [9.17, 15) is 4.79 Å². The maximum absolute atomic E-state index is 10.6. The van der Waals surface area contributed by atoms with Crippen molar-refractivity contribution in [2.45, 2.75) is 0 Å². The third-order valence-corrected chi connectivity index (χ3v) is 0.911. The largest absolute Gasteiger partial charge is 0.403 e. The molecule has 4 heteroatoms. The van der Waals surface area contributed by atoms with Crippen LogP contribution in [-0.2, 0) is 4.79 Å². The van der Waals surface area contributed by atoms with Gasteiger partial charge < -0.3 is 4.74 Å². The molecule has 56 valence electrons. The summed E-state index contributed by atoms with van der Waals surface area (Å²) in [5, 5.41) is 0. The fourth-order valence-electron chi connectivity index (χ4n) is 0.483. The molecule has 0 amide bonds. The molecular weight excluding hydrogens is 144 g/mol. The highest BCUT2D eigenvalue weighted by Crippen LogP contribution is 2.00. The highest BCUT2D eigenvalue weighted by atomic mass is 16.5. The van der Waals surface area contributed by atoms with Crippen molar-refractivity contribution >= 4 is 5.97 Å². The summed E-state index contributed by atoms with van der Waals surface area (Å²) >= 11 is 0. The first kappa shape index (κ1) is 7.40. The average Bonchev–Trinajstić information content (AvgIpc) is 2.06. The van der Waals surface area contributed by atoms with Crippen molar-refractivity contribution in [1.82, 2.24) is 9.97 Å². The van der Waals surface area contributed by atoms with Crippen LogP contribution in [0, 0.1) is 0 Å². The smallest absolute Gasteiger partial charge is 0.336 e. The Kier molecular flexibility index (Phi) is 2.32. The molecule has 1 aromatic rings. The summed E-state index contributed by atoms with van der Waals surface area (Å²) in [6.45, 7) is 3.23. The number of esters is 1. The first-order chi connectivity index (χ1) is 5.33.